The van der Waals surface area contributed by atoms with Crippen LogP contribution in [0, 0.1) is 5.92 Å². The van der Waals surface area contributed by atoms with Gasteiger partial charge in [0.05, 0.1) is 0 Å². The van der Waals surface area contributed by atoms with Crippen molar-refractivity contribution in [3.8, 4) is 0 Å². The van der Waals surface area contributed by atoms with Crippen LogP contribution in [0.4, 0.5) is 0 Å². The van der Waals surface area contributed by atoms with Gasteiger partial charge in [-0.2, -0.15) is 0 Å². The number of aliphatic carboxylic acids is 1. The molecule has 0 radical (unpaired) electrons. The second-order valence-electron chi connectivity index (χ2n) is 5.56. The van der Waals surface area contributed by atoms with Crippen molar-refractivity contribution >= 4 is 11.9 Å². The maximum absolute atomic E-state index is 12.2. The molecule has 0 unspecified atom stereocenters. The van der Waals surface area contributed by atoms with Gasteiger partial charge in [-0.1, -0.05) is 19.8 Å². The van der Waals surface area contributed by atoms with Crippen LogP contribution in [-0.2, 0) is 14.3 Å². The van der Waals surface area contributed by atoms with Crippen molar-refractivity contribution < 1.29 is 19.4 Å². The standard InChI is InChI=1S/C14H23NO4/c1-2-7-19-9-13(16)15-11-6-4-3-5-10(11)8-12(15)14(17)18/h10-12H,2-9H2,1H3,(H,17,18)/t10-,11+,12+/m1/s1. The van der Waals surface area contributed by atoms with Crippen molar-refractivity contribution in [3.63, 3.8) is 0 Å². The molecule has 0 spiro atoms. The zero-order chi connectivity index (χ0) is 13.8. The minimum absolute atomic E-state index is 0.0147. The maximum Gasteiger partial charge on any atom is 0.326 e. The molecular weight excluding hydrogens is 246 g/mol. The average Bonchev–Trinajstić information content (AvgIpc) is 2.78. The Bertz CT molecular complexity index is 344. The largest absolute Gasteiger partial charge is 0.480 e. The smallest absolute Gasteiger partial charge is 0.326 e. The van der Waals surface area contributed by atoms with Crippen LogP contribution < -0.4 is 0 Å². The lowest BCUT2D eigenvalue weighted by Crippen LogP contribution is -2.47. The second-order valence-corrected chi connectivity index (χ2v) is 5.56. The van der Waals surface area contributed by atoms with E-state index in [1.807, 2.05) is 6.92 Å². The quantitative estimate of drug-likeness (QED) is 0.771. The average molecular weight is 269 g/mol. The summed E-state index contributed by atoms with van der Waals surface area (Å²) in [6, 6.07) is -0.529. The monoisotopic (exact) mass is 269 g/mol. The molecule has 0 aromatic rings. The van der Waals surface area contributed by atoms with E-state index in [2.05, 4.69) is 0 Å². The Morgan fingerprint density at radius 1 is 1.32 bits per heavy atom. The molecule has 1 aliphatic carbocycles. The van der Waals surface area contributed by atoms with Crippen LogP contribution in [0.3, 0.4) is 0 Å². The van der Waals surface area contributed by atoms with Gasteiger partial charge < -0.3 is 14.7 Å². The summed E-state index contributed by atoms with van der Waals surface area (Å²) < 4.78 is 5.28. The number of carbonyl (C=O) groups excluding carboxylic acids is 1. The zero-order valence-corrected chi connectivity index (χ0v) is 11.5. The normalized spacial score (nSPS) is 30.2. The first-order valence-electron chi connectivity index (χ1n) is 7.26. The van der Waals surface area contributed by atoms with Crippen LogP contribution >= 0.6 is 0 Å². The molecule has 108 valence electrons. The molecule has 19 heavy (non-hydrogen) atoms. The Morgan fingerprint density at radius 3 is 2.74 bits per heavy atom. The third kappa shape index (κ3) is 3.08. The summed E-state index contributed by atoms with van der Waals surface area (Å²) in [7, 11) is 0. The summed E-state index contributed by atoms with van der Waals surface area (Å²) in [5.41, 5.74) is 0. The number of rotatable bonds is 5. The minimum atomic E-state index is -0.877. The summed E-state index contributed by atoms with van der Waals surface area (Å²) in [5.74, 6) is -0.668. The van der Waals surface area contributed by atoms with Gasteiger partial charge in [0.2, 0.25) is 5.91 Å². The van der Waals surface area contributed by atoms with Crippen molar-refractivity contribution in [2.45, 2.75) is 57.5 Å². The van der Waals surface area contributed by atoms with E-state index < -0.39 is 12.0 Å². The summed E-state index contributed by atoms with van der Waals surface area (Å²) in [6.45, 7) is 2.55. The van der Waals surface area contributed by atoms with Crippen molar-refractivity contribution in [2.75, 3.05) is 13.2 Å². The van der Waals surface area contributed by atoms with Crippen molar-refractivity contribution in [3.05, 3.63) is 0 Å². The molecule has 0 aromatic carbocycles. The number of ether oxygens (including phenoxy) is 1. The molecule has 3 atom stereocenters. The maximum atomic E-state index is 12.2. The fourth-order valence-corrected chi connectivity index (χ4v) is 3.42. The van der Waals surface area contributed by atoms with Gasteiger partial charge in [0, 0.05) is 12.6 Å². The second kappa shape index (κ2) is 6.37. The first kappa shape index (κ1) is 14.3. The molecule has 1 amide bonds. The molecule has 1 N–H and O–H groups in total. The number of hydrogen-bond donors (Lipinski definition) is 1. The highest BCUT2D eigenvalue weighted by Crippen LogP contribution is 2.39. The lowest BCUT2D eigenvalue weighted by Gasteiger charge is -2.32. The van der Waals surface area contributed by atoms with Crippen LogP contribution in [0.2, 0.25) is 0 Å². The van der Waals surface area contributed by atoms with E-state index in [0.29, 0.717) is 18.9 Å². The molecule has 0 aromatic heterocycles. The van der Waals surface area contributed by atoms with Crippen LogP contribution in [0.25, 0.3) is 0 Å². The molecule has 2 fully saturated rings. The third-order valence-corrected chi connectivity index (χ3v) is 4.24. The number of nitrogens with zero attached hydrogens (tertiary/aromatic N) is 1. The van der Waals surface area contributed by atoms with E-state index in [1.54, 1.807) is 4.90 Å². The summed E-state index contributed by atoms with van der Waals surface area (Å²) in [6.07, 6.45) is 5.71. The highest BCUT2D eigenvalue weighted by molar-refractivity contribution is 5.85. The first-order valence-corrected chi connectivity index (χ1v) is 7.26. The van der Waals surface area contributed by atoms with Crippen LogP contribution in [-0.4, -0.2) is 47.2 Å². The fraction of sp³-hybridized carbons (Fsp3) is 0.857. The van der Waals surface area contributed by atoms with E-state index in [-0.39, 0.29) is 18.6 Å². The molecule has 2 aliphatic rings. The Kier molecular flexibility index (Phi) is 4.80. The molecule has 2 rings (SSSR count). The van der Waals surface area contributed by atoms with E-state index in [1.165, 1.54) is 0 Å². The van der Waals surface area contributed by atoms with Gasteiger partial charge in [-0.3, -0.25) is 4.79 Å². The molecule has 0 bridgehead atoms. The van der Waals surface area contributed by atoms with Crippen LogP contribution in [0.5, 0.6) is 0 Å². The van der Waals surface area contributed by atoms with Crippen molar-refractivity contribution in [1.82, 2.24) is 4.90 Å². The summed E-state index contributed by atoms with van der Waals surface area (Å²) in [4.78, 5) is 25.2. The number of carboxylic acids is 1. The Balaban J connectivity index is 2.04. The van der Waals surface area contributed by atoms with Crippen molar-refractivity contribution in [2.24, 2.45) is 5.92 Å². The molecule has 5 nitrogen and oxygen atoms in total. The number of hydrogen-bond acceptors (Lipinski definition) is 3. The molecular formula is C14H23NO4. The minimum Gasteiger partial charge on any atom is -0.480 e. The Morgan fingerprint density at radius 2 is 2.05 bits per heavy atom. The fourth-order valence-electron chi connectivity index (χ4n) is 3.42. The molecule has 5 heteroatoms. The molecule has 1 aliphatic heterocycles. The van der Waals surface area contributed by atoms with Gasteiger partial charge in [0.25, 0.3) is 0 Å². The molecule has 1 saturated carbocycles. The SMILES string of the molecule is CCCOCC(=O)N1[C@H](C(=O)O)C[C@H]2CCCC[C@@H]21. The number of amides is 1. The Labute approximate surface area is 113 Å². The van der Waals surface area contributed by atoms with Gasteiger partial charge in [-0.15, -0.1) is 0 Å². The van der Waals surface area contributed by atoms with E-state index >= 15 is 0 Å². The number of carbonyl (C=O) groups is 2. The van der Waals surface area contributed by atoms with Gasteiger partial charge in [0.15, 0.2) is 0 Å². The number of fused-ring (bicyclic) bond motifs is 1. The third-order valence-electron chi connectivity index (χ3n) is 4.24. The van der Waals surface area contributed by atoms with Crippen molar-refractivity contribution in [1.29, 1.82) is 0 Å². The number of likely N-dealkylation sites (tertiary alicyclic amines) is 1. The summed E-state index contributed by atoms with van der Waals surface area (Å²) >= 11 is 0. The Hall–Kier alpha value is -1.10. The lowest BCUT2D eigenvalue weighted by molar-refractivity contribution is -0.152. The summed E-state index contributed by atoms with van der Waals surface area (Å²) in [5, 5.41) is 9.32. The number of carboxylic acid groups (broad SMARTS) is 1. The van der Waals surface area contributed by atoms with E-state index in [0.717, 1.165) is 32.1 Å². The zero-order valence-electron chi connectivity index (χ0n) is 11.5. The van der Waals surface area contributed by atoms with Gasteiger partial charge in [-0.25, -0.2) is 4.79 Å². The van der Waals surface area contributed by atoms with Gasteiger partial charge in [0.1, 0.15) is 12.6 Å². The van der Waals surface area contributed by atoms with Gasteiger partial charge >= 0.3 is 5.97 Å². The van der Waals surface area contributed by atoms with Crippen LogP contribution in [0.1, 0.15) is 45.4 Å². The van der Waals surface area contributed by atoms with E-state index in [4.69, 9.17) is 4.74 Å². The lowest BCUT2D eigenvalue weighted by atomic mass is 9.85. The van der Waals surface area contributed by atoms with Gasteiger partial charge in [-0.05, 0) is 31.6 Å². The van der Waals surface area contributed by atoms with E-state index in [9.17, 15) is 14.7 Å². The highest BCUT2D eigenvalue weighted by Gasteiger charge is 2.47. The van der Waals surface area contributed by atoms with Crippen LogP contribution in [0.15, 0.2) is 0 Å². The molecule has 1 saturated heterocycles. The highest BCUT2D eigenvalue weighted by atomic mass is 16.5. The topological polar surface area (TPSA) is 66.8 Å². The predicted octanol–water partition coefficient (Wildman–Crippen LogP) is 1.66. The molecule has 1 heterocycles. The first-order chi connectivity index (χ1) is 9.15. The predicted molar refractivity (Wildman–Crippen MR) is 69.7 cm³/mol.